The van der Waals surface area contributed by atoms with E-state index in [0.717, 1.165) is 44.1 Å². The summed E-state index contributed by atoms with van der Waals surface area (Å²) < 4.78 is 0. The zero-order valence-corrected chi connectivity index (χ0v) is 21.1. The van der Waals surface area contributed by atoms with Crippen molar-refractivity contribution in [1.29, 1.82) is 0 Å². The molecule has 0 aromatic heterocycles. The summed E-state index contributed by atoms with van der Waals surface area (Å²) in [6.07, 6.45) is 6.26. The van der Waals surface area contributed by atoms with Gasteiger partial charge in [0.2, 0.25) is 5.91 Å². The van der Waals surface area contributed by atoms with E-state index in [2.05, 4.69) is 40.4 Å². The molecule has 3 rings (SSSR count). The Labute approximate surface area is 198 Å². The smallest absolute Gasteiger partial charge is 0.227 e. The van der Waals surface area contributed by atoms with Crippen LogP contribution in [0, 0.1) is 0 Å². The molecule has 1 fully saturated rings. The van der Waals surface area contributed by atoms with Crippen molar-refractivity contribution in [3.05, 3.63) is 29.8 Å². The van der Waals surface area contributed by atoms with Gasteiger partial charge in [-0.2, -0.15) is 0 Å². The molecule has 2 N–H and O–H groups in total. The number of rotatable bonds is 7. The first-order valence-corrected chi connectivity index (χ1v) is 11.1. The number of carbonyl (C=O) groups excluding carboxylic acids is 1. The number of likely N-dealkylation sites (tertiary alicyclic amines) is 1. The molecule has 2 aliphatic rings. The Morgan fingerprint density at radius 2 is 1.83 bits per heavy atom. The molecule has 1 saturated heterocycles. The fourth-order valence-electron chi connectivity index (χ4n) is 4.31. The van der Waals surface area contributed by atoms with Gasteiger partial charge in [-0.3, -0.25) is 14.7 Å². The van der Waals surface area contributed by atoms with Crippen LogP contribution in [0.2, 0.25) is 0 Å². The summed E-state index contributed by atoms with van der Waals surface area (Å²) in [5.74, 6) is 1.03. The van der Waals surface area contributed by atoms with E-state index < -0.39 is 0 Å². The number of anilines is 1. The lowest BCUT2D eigenvalue weighted by molar-refractivity contribution is -0.118. The second-order valence-electron chi connectivity index (χ2n) is 8.74. The average molecular weight is 527 g/mol. The van der Waals surface area contributed by atoms with Gasteiger partial charge >= 0.3 is 0 Å². The van der Waals surface area contributed by atoms with E-state index in [0.29, 0.717) is 6.42 Å². The molecule has 7 heteroatoms. The van der Waals surface area contributed by atoms with E-state index in [1.807, 2.05) is 23.1 Å². The molecule has 2 heterocycles. The minimum Gasteiger partial charge on any atom is -0.356 e. The molecule has 0 aliphatic carbocycles. The average Bonchev–Trinajstić information content (AvgIpc) is 3.18. The molecule has 1 aromatic carbocycles. The van der Waals surface area contributed by atoms with Crippen molar-refractivity contribution in [2.75, 3.05) is 44.7 Å². The van der Waals surface area contributed by atoms with Gasteiger partial charge in [-0.1, -0.05) is 24.6 Å². The fourth-order valence-corrected chi connectivity index (χ4v) is 4.31. The molecule has 1 aromatic rings. The lowest BCUT2D eigenvalue weighted by atomic mass is 9.98. The summed E-state index contributed by atoms with van der Waals surface area (Å²) in [4.78, 5) is 21.4. The van der Waals surface area contributed by atoms with Crippen molar-refractivity contribution in [2.24, 2.45) is 4.99 Å². The molecular formula is C23H38IN5O. The van der Waals surface area contributed by atoms with E-state index >= 15 is 0 Å². The highest BCUT2D eigenvalue weighted by Crippen LogP contribution is 2.28. The van der Waals surface area contributed by atoms with Crippen molar-refractivity contribution in [3.8, 4) is 0 Å². The number of benzene rings is 1. The van der Waals surface area contributed by atoms with Crippen LogP contribution in [0.25, 0.3) is 0 Å². The predicted molar refractivity (Wildman–Crippen MR) is 136 cm³/mol. The summed E-state index contributed by atoms with van der Waals surface area (Å²) in [7, 11) is 1.80. The maximum absolute atomic E-state index is 12.6. The van der Waals surface area contributed by atoms with Gasteiger partial charge in [0.25, 0.3) is 0 Å². The van der Waals surface area contributed by atoms with Crippen LogP contribution in [0.4, 0.5) is 5.69 Å². The van der Waals surface area contributed by atoms with Crippen molar-refractivity contribution in [3.63, 3.8) is 0 Å². The fraction of sp³-hybridized carbons (Fsp3) is 0.652. The van der Waals surface area contributed by atoms with Gasteiger partial charge in [0.05, 0.1) is 0 Å². The number of guanidine groups is 1. The molecule has 2 aliphatic heterocycles. The van der Waals surface area contributed by atoms with E-state index in [1.165, 1.54) is 37.9 Å². The number of nitrogens with zero attached hydrogens (tertiary/aromatic N) is 3. The maximum Gasteiger partial charge on any atom is 0.227 e. The maximum atomic E-state index is 12.6. The van der Waals surface area contributed by atoms with Crippen LogP contribution in [-0.4, -0.2) is 62.1 Å². The molecule has 0 radical (unpaired) electrons. The molecule has 30 heavy (non-hydrogen) atoms. The van der Waals surface area contributed by atoms with Crippen molar-refractivity contribution in [2.45, 2.75) is 57.9 Å². The van der Waals surface area contributed by atoms with Crippen molar-refractivity contribution in [1.82, 2.24) is 15.5 Å². The van der Waals surface area contributed by atoms with E-state index in [9.17, 15) is 4.79 Å². The topological polar surface area (TPSA) is 60.0 Å². The third-order valence-electron chi connectivity index (χ3n) is 6.17. The van der Waals surface area contributed by atoms with Gasteiger partial charge in [-0.05, 0) is 64.3 Å². The highest BCUT2D eigenvalue weighted by Gasteiger charge is 2.28. The first-order chi connectivity index (χ1) is 14.0. The van der Waals surface area contributed by atoms with Crippen LogP contribution in [0.3, 0.4) is 0 Å². The number of aliphatic imine (C=N–C) groups is 1. The SMILES string of the molecule is CN=C(NCCCC(=O)N1CCc2ccccc21)NCC(C)(C)N1CCCCC1.I. The second kappa shape index (κ2) is 11.9. The van der Waals surface area contributed by atoms with Crippen LogP contribution in [0.5, 0.6) is 0 Å². The number of halogens is 1. The van der Waals surface area contributed by atoms with Gasteiger partial charge in [-0.15, -0.1) is 24.0 Å². The molecular weight excluding hydrogens is 489 g/mol. The summed E-state index contributed by atoms with van der Waals surface area (Å²) >= 11 is 0. The van der Waals surface area contributed by atoms with E-state index in [1.54, 1.807) is 7.05 Å². The van der Waals surface area contributed by atoms with Crippen molar-refractivity contribution >= 4 is 41.5 Å². The Balaban J connectivity index is 0.00000320. The summed E-state index contributed by atoms with van der Waals surface area (Å²) in [6.45, 7) is 9.36. The zero-order chi connectivity index (χ0) is 20.7. The second-order valence-corrected chi connectivity index (χ2v) is 8.74. The summed E-state index contributed by atoms with van der Waals surface area (Å²) in [6, 6.07) is 8.22. The number of hydrogen-bond acceptors (Lipinski definition) is 3. The lowest BCUT2D eigenvalue weighted by Gasteiger charge is -2.41. The normalized spacial score (nSPS) is 17.3. The van der Waals surface area contributed by atoms with Crippen molar-refractivity contribution < 1.29 is 4.79 Å². The first kappa shape index (κ1) is 24.9. The minimum atomic E-state index is 0. The Morgan fingerprint density at radius 3 is 2.57 bits per heavy atom. The summed E-state index contributed by atoms with van der Waals surface area (Å²) in [5, 5.41) is 6.82. The van der Waals surface area contributed by atoms with E-state index in [4.69, 9.17) is 0 Å². The molecule has 0 saturated carbocycles. The zero-order valence-electron chi connectivity index (χ0n) is 18.7. The number of para-hydroxylation sites is 1. The predicted octanol–water partition coefficient (Wildman–Crippen LogP) is 3.40. The number of carbonyl (C=O) groups is 1. The standard InChI is InChI=1S/C23H37N5O.HI/c1-23(2,27-15-7-4-8-16-27)18-26-22(24-3)25-14-9-12-21(29)28-17-13-19-10-5-6-11-20(19)28;/h5-6,10-11H,4,7-9,12-18H2,1-3H3,(H2,24,25,26);1H. The van der Waals surface area contributed by atoms with Gasteiger partial charge in [0.15, 0.2) is 5.96 Å². The van der Waals surface area contributed by atoms with Gasteiger partial charge in [-0.25, -0.2) is 0 Å². The lowest BCUT2D eigenvalue weighted by Crippen LogP contribution is -2.54. The van der Waals surface area contributed by atoms with Crippen LogP contribution < -0.4 is 15.5 Å². The minimum absolute atomic E-state index is 0. The largest absolute Gasteiger partial charge is 0.356 e. The molecule has 0 spiro atoms. The monoisotopic (exact) mass is 527 g/mol. The van der Waals surface area contributed by atoms with Crippen LogP contribution >= 0.6 is 24.0 Å². The first-order valence-electron chi connectivity index (χ1n) is 11.1. The van der Waals surface area contributed by atoms with Crippen LogP contribution in [0.15, 0.2) is 29.3 Å². The number of nitrogens with one attached hydrogen (secondary N) is 2. The van der Waals surface area contributed by atoms with Crippen LogP contribution in [0.1, 0.15) is 51.5 Å². The molecule has 0 unspecified atom stereocenters. The molecule has 0 bridgehead atoms. The number of amides is 1. The number of hydrogen-bond donors (Lipinski definition) is 2. The van der Waals surface area contributed by atoms with Gasteiger partial charge in [0, 0.05) is 44.3 Å². The van der Waals surface area contributed by atoms with Gasteiger partial charge < -0.3 is 15.5 Å². The highest BCUT2D eigenvalue weighted by molar-refractivity contribution is 14.0. The third-order valence-corrected chi connectivity index (χ3v) is 6.17. The Morgan fingerprint density at radius 1 is 1.10 bits per heavy atom. The molecule has 6 nitrogen and oxygen atoms in total. The molecule has 168 valence electrons. The number of fused-ring (bicyclic) bond motifs is 1. The van der Waals surface area contributed by atoms with Crippen LogP contribution in [-0.2, 0) is 11.2 Å². The van der Waals surface area contributed by atoms with Gasteiger partial charge in [0.1, 0.15) is 0 Å². The summed E-state index contributed by atoms with van der Waals surface area (Å²) in [5.41, 5.74) is 2.47. The Kier molecular flexibility index (Phi) is 9.87. The number of piperidine rings is 1. The molecule has 1 amide bonds. The third kappa shape index (κ3) is 6.57. The Hall–Kier alpha value is -1.35. The Bertz CT molecular complexity index is 715. The highest BCUT2D eigenvalue weighted by atomic mass is 127. The molecule has 0 atom stereocenters. The van der Waals surface area contributed by atoms with E-state index in [-0.39, 0.29) is 35.4 Å². The quantitative estimate of drug-likeness (QED) is 0.247.